The second-order valence-corrected chi connectivity index (χ2v) is 21.6. The topological polar surface area (TPSA) is 3.24 Å². The molecule has 0 bridgehead atoms. The normalized spacial score (nSPS) is 16.6. The number of anilines is 3. The molecule has 10 aromatic rings. The van der Waals surface area contributed by atoms with Gasteiger partial charge in [-0.15, -0.1) is 0 Å². The molecule has 0 saturated heterocycles. The fourth-order valence-corrected chi connectivity index (χ4v) is 16.6. The average Bonchev–Trinajstić information content (AvgIpc) is 3.82. The van der Waals surface area contributed by atoms with Crippen molar-refractivity contribution in [2.45, 2.75) is 19.3 Å². The molecule has 0 spiro atoms. The molecule has 0 N–H and O–H groups in total. The highest BCUT2D eigenvalue weighted by atomic mass is 28.3. The number of hydrogen-bond donors (Lipinski definition) is 0. The van der Waals surface area contributed by atoms with Gasteiger partial charge < -0.3 is 4.90 Å². The molecule has 1 aliphatic carbocycles. The van der Waals surface area contributed by atoms with Crippen LogP contribution in [0.5, 0.6) is 0 Å². The van der Waals surface area contributed by atoms with Crippen LogP contribution in [0.1, 0.15) is 29.2 Å². The molecule has 308 valence electrons. The molecular formula is C63H47NSi. The molecular weight excluding hydrogens is 799 g/mol. The minimum atomic E-state index is -2.91. The van der Waals surface area contributed by atoms with Gasteiger partial charge in [-0.05, 0) is 138 Å². The zero-order valence-corrected chi connectivity index (χ0v) is 37.6. The van der Waals surface area contributed by atoms with Crippen molar-refractivity contribution in [3.05, 3.63) is 271 Å². The molecule has 0 fully saturated rings. The van der Waals surface area contributed by atoms with E-state index in [4.69, 9.17) is 0 Å². The monoisotopic (exact) mass is 845 g/mol. The largest absolute Gasteiger partial charge is 0.310 e. The van der Waals surface area contributed by atoms with Gasteiger partial charge in [-0.1, -0.05) is 212 Å². The number of benzene rings is 10. The molecule has 2 aliphatic rings. The number of nitrogens with zero attached hydrogens (tertiary/aromatic N) is 1. The number of aryl methyl sites for hydroxylation is 1. The molecule has 12 rings (SSSR count). The average molecular weight is 846 g/mol. The minimum absolute atomic E-state index is 0.332. The lowest BCUT2D eigenvalue weighted by Gasteiger charge is -2.34. The maximum absolute atomic E-state index is 2.91. The molecule has 1 aliphatic heterocycles. The summed E-state index contributed by atoms with van der Waals surface area (Å²) < 4.78 is 0. The van der Waals surface area contributed by atoms with Crippen LogP contribution in [-0.2, 0) is 5.41 Å². The first-order valence-corrected chi connectivity index (χ1v) is 24.7. The molecule has 0 radical (unpaired) electrons. The Hall–Kier alpha value is -7.78. The second kappa shape index (κ2) is 15.5. The highest BCUT2D eigenvalue weighted by Crippen LogP contribution is 2.54. The third-order valence-electron chi connectivity index (χ3n) is 14.3. The zero-order chi connectivity index (χ0) is 43.5. The number of fused-ring (bicyclic) bond motifs is 6. The van der Waals surface area contributed by atoms with E-state index in [0.717, 1.165) is 17.1 Å². The van der Waals surface area contributed by atoms with Gasteiger partial charge in [-0.3, -0.25) is 0 Å². The van der Waals surface area contributed by atoms with Crippen molar-refractivity contribution >= 4 is 45.9 Å². The quantitative estimate of drug-likeness (QED) is 0.138. The van der Waals surface area contributed by atoms with Crippen molar-refractivity contribution in [1.29, 1.82) is 0 Å². The Balaban J connectivity index is 1.11. The molecule has 0 saturated carbocycles. The molecule has 0 amide bonds. The van der Waals surface area contributed by atoms with E-state index in [-0.39, 0.29) is 5.41 Å². The number of rotatable bonds is 8. The van der Waals surface area contributed by atoms with Crippen molar-refractivity contribution in [3.8, 4) is 44.5 Å². The summed E-state index contributed by atoms with van der Waals surface area (Å²) >= 11 is 0. The Morgan fingerprint density at radius 2 is 0.862 bits per heavy atom. The van der Waals surface area contributed by atoms with E-state index < -0.39 is 8.07 Å². The summed E-state index contributed by atoms with van der Waals surface area (Å²) in [6, 6.07) is 93.2. The summed E-state index contributed by atoms with van der Waals surface area (Å²) in [6.07, 6.45) is 0. The Morgan fingerprint density at radius 1 is 0.338 bits per heavy atom. The summed E-state index contributed by atoms with van der Waals surface area (Å²) in [6.45, 7) is 4.69. The van der Waals surface area contributed by atoms with E-state index in [2.05, 4.69) is 267 Å². The molecule has 0 aromatic heterocycles. The van der Waals surface area contributed by atoms with Crippen molar-refractivity contribution in [2.24, 2.45) is 0 Å². The third kappa shape index (κ3) is 6.13. The lowest BCUT2D eigenvalue weighted by atomic mass is 9.74. The maximum Gasteiger partial charge on any atom is 0.180 e. The predicted molar refractivity (Wildman–Crippen MR) is 277 cm³/mol. The fraction of sp³-hybridized carbons (Fsp3) is 0.0476. The van der Waals surface area contributed by atoms with Crippen LogP contribution in [0, 0.1) is 6.92 Å². The smallest absolute Gasteiger partial charge is 0.180 e. The predicted octanol–water partition coefficient (Wildman–Crippen LogP) is 13.5. The van der Waals surface area contributed by atoms with E-state index in [9.17, 15) is 0 Å². The van der Waals surface area contributed by atoms with Gasteiger partial charge in [0.25, 0.3) is 0 Å². The SMILES string of the molecule is Cc1cc(N(c2ccc(-c3ccccc3)cc2)c2ccc3c(c2)C(C)(c2ccccc2)c2ccccc2-3)cc([Si]2(c3ccccc3)c3ccccc3-c3ccc(-c4ccccc4)cc32)c1. The van der Waals surface area contributed by atoms with Crippen LogP contribution in [0.15, 0.2) is 249 Å². The Labute approximate surface area is 383 Å². The van der Waals surface area contributed by atoms with Crippen LogP contribution in [0.2, 0.25) is 0 Å². The Bertz CT molecular complexity index is 3380. The van der Waals surface area contributed by atoms with Crippen LogP contribution in [0.4, 0.5) is 17.1 Å². The first kappa shape index (κ1) is 38.9. The van der Waals surface area contributed by atoms with Crippen molar-refractivity contribution in [3.63, 3.8) is 0 Å². The van der Waals surface area contributed by atoms with Crippen molar-refractivity contribution in [1.82, 2.24) is 0 Å². The lowest BCUT2D eigenvalue weighted by Crippen LogP contribution is -2.73. The van der Waals surface area contributed by atoms with Gasteiger partial charge in [0.15, 0.2) is 8.07 Å². The number of hydrogen-bond acceptors (Lipinski definition) is 1. The van der Waals surface area contributed by atoms with Crippen LogP contribution < -0.4 is 25.6 Å². The van der Waals surface area contributed by atoms with Gasteiger partial charge in [0, 0.05) is 22.5 Å². The lowest BCUT2D eigenvalue weighted by molar-refractivity contribution is 0.714. The van der Waals surface area contributed by atoms with Crippen LogP contribution >= 0.6 is 0 Å². The van der Waals surface area contributed by atoms with Gasteiger partial charge in [-0.25, -0.2) is 0 Å². The van der Waals surface area contributed by atoms with E-state index in [1.807, 2.05) is 0 Å². The fourth-order valence-electron chi connectivity index (χ4n) is 11.3. The first-order chi connectivity index (χ1) is 32.0. The standard InChI is InChI=1S/C63H47NSi/c1-44-39-52(42-54(40-44)65(53-25-13-6-14-26-53)61-30-18-16-28-57(61)58-37-33-48(41-62(58)65)46-21-9-4-10-22-46)64(50-34-31-47(32-35-50)45-19-7-3-8-20-45)51-36-38-56-55-27-15-17-29-59(55)63(2,60(56)43-51)49-23-11-5-12-24-49/h3-43H,1-2H3. The highest BCUT2D eigenvalue weighted by Gasteiger charge is 2.49. The van der Waals surface area contributed by atoms with Crippen molar-refractivity contribution in [2.75, 3.05) is 4.90 Å². The molecule has 1 nitrogen and oxygen atoms in total. The molecule has 65 heavy (non-hydrogen) atoms. The van der Waals surface area contributed by atoms with Gasteiger partial charge in [0.05, 0.1) is 0 Å². The van der Waals surface area contributed by atoms with E-state index in [1.165, 1.54) is 87.5 Å². The van der Waals surface area contributed by atoms with Crippen molar-refractivity contribution < 1.29 is 0 Å². The molecule has 10 aromatic carbocycles. The first-order valence-electron chi connectivity index (χ1n) is 22.7. The van der Waals surface area contributed by atoms with Gasteiger partial charge in [0.2, 0.25) is 0 Å². The zero-order valence-electron chi connectivity index (χ0n) is 36.6. The third-order valence-corrected chi connectivity index (χ3v) is 19.1. The van der Waals surface area contributed by atoms with E-state index >= 15 is 0 Å². The van der Waals surface area contributed by atoms with Crippen LogP contribution in [0.3, 0.4) is 0 Å². The molecule has 1 heterocycles. The molecule has 2 heteroatoms. The molecule has 2 unspecified atom stereocenters. The Kier molecular flexibility index (Phi) is 9.26. The summed E-state index contributed by atoms with van der Waals surface area (Å²) in [5.41, 5.74) is 18.4. The van der Waals surface area contributed by atoms with Gasteiger partial charge in [-0.2, -0.15) is 0 Å². The summed E-state index contributed by atoms with van der Waals surface area (Å²) in [5.74, 6) is 0. The summed E-state index contributed by atoms with van der Waals surface area (Å²) in [7, 11) is -2.91. The van der Waals surface area contributed by atoms with Gasteiger partial charge >= 0.3 is 0 Å². The van der Waals surface area contributed by atoms with Crippen LogP contribution in [-0.4, -0.2) is 8.07 Å². The van der Waals surface area contributed by atoms with E-state index in [0.29, 0.717) is 0 Å². The van der Waals surface area contributed by atoms with E-state index in [1.54, 1.807) is 0 Å². The minimum Gasteiger partial charge on any atom is -0.310 e. The van der Waals surface area contributed by atoms with Crippen LogP contribution in [0.25, 0.3) is 44.5 Å². The Morgan fingerprint density at radius 3 is 1.58 bits per heavy atom. The highest BCUT2D eigenvalue weighted by molar-refractivity contribution is 7.22. The second-order valence-electron chi connectivity index (χ2n) is 17.9. The summed E-state index contributed by atoms with van der Waals surface area (Å²) in [5, 5.41) is 5.65. The summed E-state index contributed by atoms with van der Waals surface area (Å²) in [4.78, 5) is 2.51. The maximum atomic E-state index is 2.54. The van der Waals surface area contributed by atoms with Gasteiger partial charge in [0.1, 0.15) is 0 Å². The molecule has 2 atom stereocenters.